The summed E-state index contributed by atoms with van der Waals surface area (Å²) < 4.78 is 0.807. The lowest BCUT2D eigenvalue weighted by Crippen LogP contribution is -2.53. The second-order valence-electron chi connectivity index (χ2n) is 3.76. The first-order valence-corrected chi connectivity index (χ1v) is 6.57. The van der Waals surface area contributed by atoms with Crippen LogP contribution in [0, 0.1) is 0 Å². The van der Waals surface area contributed by atoms with Crippen LogP contribution in [0.4, 0.5) is 4.79 Å². The van der Waals surface area contributed by atoms with Crippen LogP contribution in [-0.4, -0.2) is 34.2 Å². The van der Waals surface area contributed by atoms with Crippen LogP contribution in [-0.2, 0) is 0 Å². The molecule has 1 heterocycles. The van der Waals surface area contributed by atoms with E-state index in [-0.39, 0.29) is 18.0 Å². The lowest BCUT2D eigenvalue weighted by atomic mass is 9.87. The molecular weight excluding hydrogens is 310 g/mol. The Morgan fingerprint density at radius 1 is 1.41 bits per heavy atom. The van der Waals surface area contributed by atoms with E-state index in [1.807, 2.05) is 0 Å². The van der Waals surface area contributed by atoms with Gasteiger partial charge in [-0.25, -0.2) is 9.78 Å². The molecule has 1 aliphatic carbocycles. The van der Waals surface area contributed by atoms with Crippen LogP contribution in [0.2, 0.25) is 0 Å². The fourth-order valence-corrected chi connectivity index (χ4v) is 2.74. The number of carboxylic acid groups (broad SMARTS) is 1. The van der Waals surface area contributed by atoms with Gasteiger partial charge in [-0.05, 0) is 28.8 Å². The molecule has 0 unspecified atom stereocenters. The van der Waals surface area contributed by atoms with Gasteiger partial charge in [-0.1, -0.05) is 0 Å². The van der Waals surface area contributed by atoms with Crippen LogP contribution in [0.5, 0.6) is 0 Å². The van der Waals surface area contributed by atoms with E-state index in [9.17, 15) is 9.59 Å². The molecule has 1 saturated carbocycles. The van der Waals surface area contributed by atoms with E-state index >= 15 is 0 Å². The number of nitrogens with zero attached hydrogens (tertiary/aromatic N) is 1. The van der Waals surface area contributed by atoms with Crippen molar-refractivity contribution in [3.8, 4) is 0 Å². The molecule has 1 aliphatic rings. The molecule has 0 aliphatic heterocycles. The quantitative estimate of drug-likeness (QED) is 0.786. The number of nitrogens with one attached hydrogen (secondary N) is 2. The first-order valence-electron chi connectivity index (χ1n) is 4.96. The summed E-state index contributed by atoms with van der Waals surface area (Å²) in [4.78, 5) is 26.0. The Labute approximate surface area is 110 Å². The van der Waals surface area contributed by atoms with Gasteiger partial charge < -0.3 is 15.7 Å². The number of hydrogen-bond donors (Lipinski definition) is 3. The molecule has 0 radical (unpaired) electrons. The molecule has 2 rings (SSSR count). The van der Waals surface area contributed by atoms with Gasteiger partial charge in [0.1, 0.15) is 0 Å². The number of aromatic nitrogens is 1. The third kappa shape index (κ3) is 3.16. The monoisotopic (exact) mass is 319 g/mol. The molecule has 1 aromatic rings. The standard InChI is InChI=1S/C9H10BrN3O3S/c10-6-3-11-8(17-6)7(14)12-4-1-5(2-4)13-9(15)16/h3-5,13H,1-2H2,(H,12,14)(H,15,16)/t4-,5-. The zero-order valence-corrected chi connectivity index (χ0v) is 11.0. The van der Waals surface area contributed by atoms with Gasteiger partial charge in [0.15, 0.2) is 5.01 Å². The van der Waals surface area contributed by atoms with E-state index in [0.717, 1.165) is 3.79 Å². The van der Waals surface area contributed by atoms with Gasteiger partial charge in [0.05, 0.1) is 9.98 Å². The number of carbonyl (C=O) groups is 2. The van der Waals surface area contributed by atoms with Crippen LogP contribution in [0.25, 0.3) is 0 Å². The predicted octanol–water partition coefficient (Wildman–Crippen LogP) is 1.43. The summed E-state index contributed by atoms with van der Waals surface area (Å²) >= 11 is 4.50. The first kappa shape index (κ1) is 12.3. The van der Waals surface area contributed by atoms with Crippen molar-refractivity contribution < 1.29 is 14.7 Å². The Hall–Kier alpha value is -1.15. The molecule has 1 aromatic heterocycles. The molecule has 0 atom stereocenters. The number of amides is 2. The Balaban J connectivity index is 1.77. The Morgan fingerprint density at radius 3 is 2.59 bits per heavy atom. The predicted molar refractivity (Wildman–Crippen MR) is 65.3 cm³/mol. The van der Waals surface area contributed by atoms with Crippen molar-refractivity contribution in [2.75, 3.05) is 0 Å². The van der Waals surface area contributed by atoms with Crippen molar-refractivity contribution in [3.63, 3.8) is 0 Å². The number of thiazole rings is 1. The van der Waals surface area contributed by atoms with Gasteiger partial charge in [-0.3, -0.25) is 4.79 Å². The highest BCUT2D eigenvalue weighted by Gasteiger charge is 2.31. The second kappa shape index (κ2) is 5.01. The van der Waals surface area contributed by atoms with Crippen LogP contribution >= 0.6 is 27.3 Å². The van der Waals surface area contributed by atoms with Gasteiger partial charge >= 0.3 is 6.09 Å². The molecule has 17 heavy (non-hydrogen) atoms. The highest BCUT2D eigenvalue weighted by Crippen LogP contribution is 2.22. The molecule has 0 saturated heterocycles. The normalized spacial score (nSPS) is 22.6. The molecule has 0 spiro atoms. The maximum atomic E-state index is 11.7. The number of halogens is 1. The Bertz CT molecular complexity index is 444. The summed E-state index contributed by atoms with van der Waals surface area (Å²) in [5.74, 6) is -0.209. The molecule has 0 aromatic carbocycles. The SMILES string of the molecule is O=C(O)N[C@H]1C[C@H](NC(=O)c2ncc(Br)s2)C1. The minimum absolute atomic E-state index is 0.0297. The van der Waals surface area contributed by atoms with E-state index in [1.54, 1.807) is 6.20 Å². The topological polar surface area (TPSA) is 91.3 Å². The average molecular weight is 320 g/mol. The fourth-order valence-electron chi connectivity index (χ4n) is 1.63. The lowest BCUT2D eigenvalue weighted by molar-refractivity contribution is 0.0902. The Kier molecular flexibility index (Phi) is 3.63. The summed E-state index contributed by atoms with van der Waals surface area (Å²) in [6, 6.07) is -0.0251. The van der Waals surface area contributed by atoms with Crippen molar-refractivity contribution in [3.05, 3.63) is 15.0 Å². The molecule has 3 N–H and O–H groups in total. The average Bonchev–Trinajstić information content (AvgIpc) is 2.60. The summed E-state index contributed by atoms with van der Waals surface area (Å²) in [6.45, 7) is 0. The van der Waals surface area contributed by atoms with Crippen molar-refractivity contribution in [1.82, 2.24) is 15.6 Å². The minimum atomic E-state index is -1.02. The van der Waals surface area contributed by atoms with Crippen LogP contribution in [0.15, 0.2) is 9.98 Å². The van der Waals surface area contributed by atoms with Crippen LogP contribution in [0.3, 0.4) is 0 Å². The van der Waals surface area contributed by atoms with Gasteiger partial charge in [-0.2, -0.15) is 0 Å². The molecule has 6 nitrogen and oxygen atoms in total. The van der Waals surface area contributed by atoms with Crippen molar-refractivity contribution >= 4 is 39.3 Å². The highest BCUT2D eigenvalue weighted by molar-refractivity contribution is 9.11. The molecule has 92 valence electrons. The summed E-state index contributed by atoms with van der Waals surface area (Å²) in [7, 11) is 0. The van der Waals surface area contributed by atoms with E-state index < -0.39 is 6.09 Å². The number of hydrogen-bond acceptors (Lipinski definition) is 4. The second-order valence-corrected chi connectivity index (χ2v) is 6.17. The number of carbonyl (C=O) groups excluding carboxylic acids is 1. The largest absolute Gasteiger partial charge is 0.465 e. The van der Waals surface area contributed by atoms with Crippen molar-refractivity contribution in [2.24, 2.45) is 0 Å². The zero-order valence-electron chi connectivity index (χ0n) is 8.64. The molecule has 0 bridgehead atoms. The van der Waals surface area contributed by atoms with E-state index in [2.05, 4.69) is 31.5 Å². The van der Waals surface area contributed by atoms with Gasteiger partial charge in [0, 0.05) is 12.1 Å². The lowest BCUT2D eigenvalue weighted by Gasteiger charge is -2.35. The highest BCUT2D eigenvalue weighted by atomic mass is 79.9. The van der Waals surface area contributed by atoms with E-state index in [0.29, 0.717) is 17.8 Å². The third-order valence-corrected chi connectivity index (χ3v) is 3.95. The molecule has 8 heteroatoms. The summed E-state index contributed by atoms with van der Waals surface area (Å²) in [6.07, 6.45) is 1.81. The Morgan fingerprint density at radius 2 is 2.06 bits per heavy atom. The third-order valence-electron chi connectivity index (χ3n) is 2.47. The van der Waals surface area contributed by atoms with E-state index in [1.165, 1.54) is 11.3 Å². The molecule has 1 fully saturated rings. The van der Waals surface area contributed by atoms with E-state index in [4.69, 9.17) is 5.11 Å². The minimum Gasteiger partial charge on any atom is -0.465 e. The number of rotatable bonds is 3. The zero-order chi connectivity index (χ0) is 12.4. The van der Waals surface area contributed by atoms with Gasteiger partial charge in [0.25, 0.3) is 5.91 Å². The van der Waals surface area contributed by atoms with Gasteiger partial charge in [-0.15, -0.1) is 11.3 Å². The fraction of sp³-hybridized carbons (Fsp3) is 0.444. The summed E-state index contributed by atoms with van der Waals surface area (Å²) in [5, 5.41) is 14.1. The smallest absolute Gasteiger partial charge is 0.404 e. The molecular formula is C9H10BrN3O3S. The van der Waals surface area contributed by atoms with Gasteiger partial charge in [0.2, 0.25) is 0 Å². The molecule has 2 amide bonds. The first-order chi connectivity index (χ1) is 8.04. The van der Waals surface area contributed by atoms with Crippen LogP contribution < -0.4 is 10.6 Å². The van der Waals surface area contributed by atoms with Crippen molar-refractivity contribution in [1.29, 1.82) is 0 Å². The maximum Gasteiger partial charge on any atom is 0.404 e. The summed E-state index contributed by atoms with van der Waals surface area (Å²) in [5.41, 5.74) is 0. The van der Waals surface area contributed by atoms with Crippen LogP contribution in [0.1, 0.15) is 22.6 Å². The van der Waals surface area contributed by atoms with Crippen molar-refractivity contribution in [2.45, 2.75) is 24.9 Å². The maximum absolute atomic E-state index is 11.7.